The Kier molecular flexibility index (Phi) is 8.12. The van der Waals surface area contributed by atoms with Crippen LogP contribution in [0.5, 0.6) is 0 Å². The summed E-state index contributed by atoms with van der Waals surface area (Å²) in [7, 11) is 0. The van der Waals surface area contributed by atoms with Crippen molar-refractivity contribution in [2.24, 2.45) is 0 Å². The maximum Gasteiger partial charge on any atom is 0.242 e. The molecule has 0 aliphatic heterocycles. The zero-order chi connectivity index (χ0) is 20.7. The minimum Gasteiger partial charge on any atom is -0.352 e. The molecule has 0 bridgehead atoms. The fourth-order valence-corrected chi connectivity index (χ4v) is 3.61. The predicted molar refractivity (Wildman–Crippen MR) is 116 cm³/mol. The summed E-state index contributed by atoms with van der Waals surface area (Å²) in [4.78, 5) is 28.4. The number of nitrogens with one attached hydrogen (secondary N) is 1. The maximum absolute atomic E-state index is 13.1. The van der Waals surface area contributed by atoms with Crippen molar-refractivity contribution in [3.05, 3.63) is 65.2 Å². The highest BCUT2D eigenvalue weighted by molar-refractivity contribution is 8.00. The van der Waals surface area contributed by atoms with E-state index < -0.39 is 6.04 Å². The second-order valence-corrected chi connectivity index (χ2v) is 8.44. The van der Waals surface area contributed by atoms with Gasteiger partial charge in [-0.3, -0.25) is 9.59 Å². The minimum absolute atomic E-state index is 0.0345. The van der Waals surface area contributed by atoms with Crippen LogP contribution in [0.3, 0.4) is 0 Å². The lowest BCUT2D eigenvalue weighted by Crippen LogP contribution is -2.49. The molecule has 0 fully saturated rings. The van der Waals surface area contributed by atoms with E-state index in [1.165, 1.54) is 17.3 Å². The number of hydrogen-bond acceptors (Lipinski definition) is 3. The first-order valence-electron chi connectivity index (χ1n) is 9.61. The highest BCUT2D eigenvalue weighted by Crippen LogP contribution is 2.21. The van der Waals surface area contributed by atoms with Crippen LogP contribution in [0, 0.1) is 13.8 Å². The first-order valence-corrected chi connectivity index (χ1v) is 10.6. The van der Waals surface area contributed by atoms with E-state index in [-0.39, 0.29) is 17.9 Å². The van der Waals surface area contributed by atoms with Gasteiger partial charge in [-0.05, 0) is 57.9 Å². The van der Waals surface area contributed by atoms with Crippen LogP contribution < -0.4 is 5.32 Å². The quantitative estimate of drug-likeness (QED) is 0.673. The summed E-state index contributed by atoms with van der Waals surface area (Å²) in [6.07, 6.45) is 0. The minimum atomic E-state index is -0.534. The largest absolute Gasteiger partial charge is 0.352 e. The van der Waals surface area contributed by atoms with Crippen molar-refractivity contribution < 1.29 is 9.59 Å². The van der Waals surface area contributed by atoms with E-state index in [1.807, 2.05) is 76.2 Å². The molecule has 2 amide bonds. The number of carbonyl (C=O) groups is 2. The SMILES string of the molecule is Cc1ccc(SCC(=O)N(Cc2ccccc2C)[C@H](C)C(=O)NC(C)C)cc1. The van der Waals surface area contributed by atoms with Gasteiger partial charge in [0.15, 0.2) is 0 Å². The Morgan fingerprint density at radius 3 is 2.25 bits per heavy atom. The Morgan fingerprint density at radius 2 is 1.64 bits per heavy atom. The number of nitrogens with zero attached hydrogens (tertiary/aromatic N) is 1. The number of thioether (sulfide) groups is 1. The average Bonchev–Trinajstić information content (AvgIpc) is 2.65. The Hall–Kier alpha value is -2.27. The first-order chi connectivity index (χ1) is 13.3. The lowest BCUT2D eigenvalue weighted by atomic mass is 10.1. The summed E-state index contributed by atoms with van der Waals surface area (Å²) < 4.78 is 0. The zero-order valence-electron chi connectivity index (χ0n) is 17.4. The van der Waals surface area contributed by atoms with Gasteiger partial charge < -0.3 is 10.2 Å². The number of benzene rings is 2. The third kappa shape index (κ3) is 6.41. The van der Waals surface area contributed by atoms with Gasteiger partial charge >= 0.3 is 0 Å². The Labute approximate surface area is 172 Å². The normalized spacial score (nSPS) is 11.9. The number of amides is 2. The van der Waals surface area contributed by atoms with Crippen LogP contribution in [-0.2, 0) is 16.1 Å². The molecule has 28 heavy (non-hydrogen) atoms. The summed E-state index contributed by atoms with van der Waals surface area (Å²) >= 11 is 1.50. The number of aryl methyl sites for hydroxylation is 2. The molecule has 150 valence electrons. The molecular formula is C23H30N2O2S. The first kappa shape index (κ1) is 22.0. The maximum atomic E-state index is 13.1. The van der Waals surface area contributed by atoms with E-state index in [0.29, 0.717) is 12.3 Å². The van der Waals surface area contributed by atoms with Crippen molar-refractivity contribution in [2.75, 3.05) is 5.75 Å². The summed E-state index contributed by atoms with van der Waals surface area (Å²) in [6, 6.07) is 15.6. The molecule has 0 aliphatic carbocycles. The van der Waals surface area contributed by atoms with Gasteiger partial charge in [0.2, 0.25) is 11.8 Å². The number of carbonyl (C=O) groups excluding carboxylic acids is 2. The topological polar surface area (TPSA) is 49.4 Å². The molecule has 0 spiro atoms. The molecule has 0 heterocycles. The van der Waals surface area contributed by atoms with Crippen LogP contribution in [0.2, 0.25) is 0 Å². The molecule has 5 heteroatoms. The molecule has 0 aromatic heterocycles. The molecule has 2 aromatic rings. The molecule has 1 atom stereocenters. The Bertz CT molecular complexity index is 803. The van der Waals surface area contributed by atoms with Crippen LogP contribution in [0.1, 0.15) is 37.5 Å². The van der Waals surface area contributed by atoms with E-state index in [0.717, 1.165) is 16.0 Å². The molecular weight excluding hydrogens is 368 g/mol. The van der Waals surface area contributed by atoms with Crippen LogP contribution in [0.15, 0.2) is 53.4 Å². The van der Waals surface area contributed by atoms with Crippen molar-refractivity contribution in [1.29, 1.82) is 0 Å². The smallest absolute Gasteiger partial charge is 0.242 e. The molecule has 0 saturated carbocycles. The highest BCUT2D eigenvalue weighted by atomic mass is 32.2. The van der Waals surface area contributed by atoms with E-state index in [1.54, 1.807) is 11.8 Å². The van der Waals surface area contributed by atoms with Crippen molar-refractivity contribution in [3.8, 4) is 0 Å². The third-order valence-electron chi connectivity index (χ3n) is 4.58. The Balaban J connectivity index is 2.15. The monoisotopic (exact) mass is 398 g/mol. The van der Waals surface area contributed by atoms with Crippen LogP contribution >= 0.6 is 11.8 Å². The van der Waals surface area contributed by atoms with Crippen LogP contribution in [0.25, 0.3) is 0 Å². The van der Waals surface area contributed by atoms with Crippen molar-refractivity contribution in [2.45, 2.75) is 58.1 Å². The van der Waals surface area contributed by atoms with E-state index in [4.69, 9.17) is 0 Å². The van der Waals surface area contributed by atoms with Crippen LogP contribution in [0.4, 0.5) is 0 Å². The summed E-state index contributed by atoms with van der Waals surface area (Å²) in [5, 5.41) is 2.92. The second-order valence-electron chi connectivity index (χ2n) is 7.39. The second kappa shape index (κ2) is 10.3. The summed E-state index contributed by atoms with van der Waals surface area (Å²) in [5.41, 5.74) is 3.36. The Morgan fingerprint density at radius 1 is 1.00 bits per heavy atom. The molecule has 0 radical (unpaired) electrons. The molecule has 2 rings (SSSR count). The van der Waals surface area contributed by atoms with Gasteiger partial charge in [0, 0.05) is 17.5 Å². The van der Waals surface area contributed by atoms with Gasteiger partial charge in [-0.25, -0.2) is 0 Å². The summed E-state index contributed by atoms with van der Waals surface area (Å²) in [6.45, 7) is 10.1. The van der Waals surface area contributed by atoms with Gasteiger partial charge in [-0.1, -0.05) is 42.0 Å². The number of hydrogen-bond donors (Lipinski definition) is 1. The fraction of sp³-hybridized carbons (Fsp3) is 0.391. The molecule has 2 aromatic carbocycles. The molecule has 0 aliphatic rings. The van der Waals surface area contributed by atoms with Gasteiger partial charge in [0.25, 0.3) is 0 Å². The van der Waals surface area contributed by atoms with E-state index in [9.17, 15) is 9.59 Å². The lowest BCUT2D eigenvalue weighted by molar-refractivity contribution is -0.138. The van der Waals surface area contributed by atoms with Crippen molar-refractivity contribution in [1.82, 2.24) is 10.2 Å². The third-order valence-corrected chi connectivity index (χ3v) is 5.58. The van der Waals surface area contributed by atoms with Crippen LogP contribution in [-0.4, -0.2) is 34.6 Å². The van der Waals surface area contributed by atoms with Gasteiger partial charge in [0.1, 0.15) is 6.04 Å². The standard InChI is InChI=1S/C23H30N2O2S/c1-16(2)24-23(27)19(5)25(14-20-9-7-6-8-18(20)4)22(26)15-28-21-12-10-17(3)11-13-21/h6-13,16,19H,14-15H2,1-5H3,(H,24,27)/t19-/m1/s1. The average molecular weight is 399 g/mol. The lowest BCUT2D eigenvalue weighted by Gasteiger charge is -2.29. The van der Waals surface area contributed by atoms with E-state index in [2.05, 4.69) is 5.32 Å². The molecule has 1 N–H and O–H groups in total. The number of rotatable bonds is 8. The predicted octanol–water partition coefficient (Wildman–Crippen LogP) is 4.34. The molecule has 4 nitrogen and oxygen atoms in total. The summed E-state index contributed by atoms with van der Waals surface area (Å²) in [5.74, 6) is 0.131. The zero-order valence-corrected chi connectivity index (χ0v) is 18.2. The fourth-order valence-electron chi connectivity index (χ4n) is 2.82. The molecule has 0 saturated heterocycles. The molecule has 0 unspecified atom stereocenters. The van der Waals surface area contributed by atoms with Gasteiger partial charge in [-0.2, -0.15) is 0 Å². The van der Waals surface area contributed by atoms with Crippen molar-refractivity contribution in [3.63, 3.8) is 0 Å². The van der Waals surface area contributed by atoms with Gasteiger partial charge in [0.05, 0.1) is 5.75 Å². The highest BCUT2D eigenvalue weighted by Gasteiger charge is 2.26. The van der Waals surface area contributed by atoms with Gasteiger partial charge in [-0.15, -0.1) is 11.8 Å². The van der Waals surface area contributed by atoms with E-state index >= 15 is 0 Å². The van der Waals surface area contributed by atoms with Crippen molar-refractivity contribution >= 4 is 23.6 Å².